The van der Waals surface area contributed by atoms with E-state index < -0.39 is 6.09 Å². The van der Waals surface area contributed by atoms with Gasteiger partial charge in [-0.25, -0.2) is 14.3 Å². The van der Waals surface area contributed by atoms with E-state index >= 15 is 0 Å². The number of hydrogen-bond donors (Lipinski definition) is 0. The van der Waals surface area contributed by atoms with E-state index in [1.54, 1.807) is 6.20 Å². The Morgan fingerprint density at radius 3 is 2.73 bits per heavy atom. The molecule has 4 nitrogen and oxygen atoms in total. The molecule has 0 unspecified atom stereocenters. The van der Waals surface area contributed by atoms with E-state index in [0.29, 0.717) is 0 Å². The topological polar surface area (TPSA) is 44.1 Å². The zero-order chi connectivity index (χ0) is 10.7. The van der Waals surface area contributed by atoms with Gasteiger partial charge >= 0.3 is 6.09 Å². The van der Waals surface area contributed by atoms with Gasteiger partial charge in [0.05, 0.1) is 12.8 Å². The molecular formula is C11H10N2O2. The molecule has 0 aliphatic rings. The van der Waals surface area contributed by atoms with E-state index in [9.17, 15) is 4.79 Å². The van der Waals surface area contributed by atoms with E-state index in [1.807, 2.05) is 30.3 Å². The first-order valence-electron chi connectivity index (χ1n) is 4.49. The SMILES string of the molecule is COC(=O)n1cnc(-c2ccccc2)c1. The van der Waals surface area contributed by atoms with Crippen LogP contribution in [-0.4, -0.2) is 22.8 Å². The molecule has 76 valence electrons. The summed E-state index contributed by atoms with van der Waals surface area (Å²) in [5, 5.41) is 0. The zero-order valence-corrected chi connectivity index (χ0v) is 8.25. The molecule has 1 aromatic carbocycles. The standard InChI is InChI=1S/C11H10N2O2/c1-15-11(14)13-7-10(12-8-13)9-5-3-2-4-6-9/h2-8H,1H3. The van der Waals surface area contributed by atoms with Crippen LogP contribution in [0.25, 0.3) is 11.3 Å². The lowest BCUT2D eigenvalue weighted by atomic mass is 10.2. The number of methoxy groups -OCH3 is 1. The lowest BCUT2D eigenvalue weighted by Gasteiger charge is -1.96. The summed E-state index contributed by atoms with van der Waals surface area (Å²) in [6, 6.07) is 9.65. The summed E-state index contributed by atoms with van der Waals surface area (Å²) in [5.41, 5.74) is 1.72. The molecule has 0 fully saturated rings. The molecule has 0 aliphatic heterocycles. The highest BCUT2D eigenvalue weighted by Gasteiger charge is 2.06. The van der Waals surface area contributed by atoms with Gasteiger partial charge in [-0.15, -0.1) is 0 Å². The van der Waals surface area contributed by atoms with Crippen molar-refractivity contribution in [2.45, 2.75) is 0 Å². The molecule has 0 amide bonds. The Morgan fingerprint density at radius 1 is 1.33 bits per heavy atom. The van der Waals surface area contributed by atoms with Gasteiger partial charge in [0, 0.05) is 11.8 Å². The highest BCUT2D eigenvalue weighted by atomic mass is 16.5. The van der Waals surface area contributed by atoms with Gasteiger partial charge in [0.2, 0.25) is 0 Å². The Morgan fingerprint density at radius 2 is 2.07 bits per heavy atom. The van der Waals surface area contributed by atoms with Crippen LogP contribution < -0.4 is 0 Å². The van der Waals surface area contributed by atoms with E-state index in [1.165, 1.54) is 18.0 Å². The van der Waals surface area contributed by atoms with Crippen LogP contribution in [0.2, 0.25) is 0 Å². The van der Waals surface area contributed by atoms with Crippen molar-refractivity contribution in [1.29, 1.82) is 0 Å². The molecule has 0 saturated carbocycles. The van der Waals surface area contributed by atoms with Crippen LogP contribution in [0.4, 0.5) is 4.79 Å². The van der Waals surface area contributed by atoms with E-state index in [-0.39, 0.29) is 0 Å². The maximum Gasteiger partial charge on any atom is 0.418 e. The first-order chi connectivity index (χ1) is 7.31. The number of rotatable bonds is 1. The van der Waals surface area contributed by atoms with Crippen LogP contribution in [0.5, 0.6) is 0 Å². The fourth-order valence-corrected chi connectivity index (χ4v) is 1.29. The van der Waals surface area contributed by atoms with E-state index in [2.05, 4.69) is 9.72 Å². The summed E-state index contributed by atoms with van der Waals surface area (Å²) < 4.78 is 5.88. The highest BCUT2D eigenvalue weighted by molar-refractivity contribution is 5.72. The van der Waals surface area contributed by atoms with Crippen molar-refractivity contribution in [3.05, 3.63) is 42.9 Å². The summed E-state index contributed by atoms with van der Waals surface area (Å²) >= 11 is 0. The molecule has 0 aliphatic carbocycles. The van der Waals surface area contributed by atoms with Crippen molar-refractivity contribution in [3.63, 3.8) is 0 Å². The number of aromatic nitrogens is 2. The third-order valence-electron chi connectivity index (χ3n) is 2.04. The number of carbonyl (C=O) groups excluding carboxylic acids is 1. The van der Waals surface area contributed by atoms with Crippen LogP contribution in [0.1, 0.15) is 0 Å². The predicted octanol–water partition coefficient (Wildman–Crippen LogP) is 2.16. The van der Waals surface area contributed by atoms with Gasteiger partial charge in [0.1, 0.15) is 6.33 Å². The van der Waals surface area contributed by atoms with Crippen LogP contribution in [0.15, 0.2) is 42.9 Å². The Bertz CT molecular complexity index is 462. The second-order valence-electron chi connectivity index (χ2n) is 3.00. The van der Waals surface area contributed by atoms with Crippen LogP contribution in [0.3, 0.4) is 0 Å². The molecule has 1 aromatic heterocycles. The average molecular weight is 202 g/mol. The Hall–Kier alpha value is -2.10. The van der Waals surface area contributed by atoms with Crippen molar-refractivity contribution >= 4 is 6.09 Å². The van der Waals surface area contributed by atoms with Crippen molar-refractivity contribution in [2.75, 3.05) is 7.11 Å². The van der Waals surface area contributed by atoms with Crippen molar-refractivity contribution in [2.24, 2.45) is 0 Å². The van der Waals surface area contributed by atoms with Gasteiger partial charge < -0.3 is 4.74 Å². The third kappa shape index (κ3) is 1.88. The molecule has 4 heteroatoms. The van der Waals surface area contributed by atoms with Gasteiger partial charge in [0.25, 0.3) is 0 Å². The monoisotopic (exact) mass is 202 g/mol. The third-order valence-corrected chi connectivity index (χ3v) is 2.04. The molecule has 1 heterocycles. The van der Waals surface area contributed by atoms with Crippen LogP contribution in [-0.2, 0) is 4.74 Å². The molecule has 2 rings (SSSR count). The van der Waals surface area contributed by atoms with Gasteiger partial charge in [-0.05, 0) is 0 Å². The lowest BCUT2D eigenvalue weighted by Crippen LogP contribution is -2.08. The Kier molecular flexibility index (Phi) is 2.49. The number of hydrogen-bond acceptors (Lipinski definition) is 3. The summed E-state index contributed by atoms with van der Waals surface area (Å²) in [6.45, 7) is 0. The number of ether oxygens (including phenoxy) is 1. The van der Waals surface area contributed by atoms with Crippen LogP contribution >= 0.6 is 0 Å². The zero-order valence-electron chi connectivity index (χ0n) is 8.25. The van der Waals surface area contributed by atoms with Crippen molar-refractivity contribution in [1.82, 2.24) is 9.55 Å². The van der Waals surface area contributed by atoms with Gasteiger partial charge in [0.15, 0.2) is 0 Å². The molecule has 0 saturated heterocycles. The summed E-state index contributed by atoms with van der Waals surface area (Å²) in [6.07, 6.45) is 2.64. The van der Waals surface area contributed by atoms with E-state index in [4.69, 9.17) is 0 Å². The lowest BCUT2D eigenvalue weighted by molar-refractivity contribution is 0.173. The van der Waals surface area contributed by atoms with Crippen molar-refractivity contribution < 1.29 is 9.53 Å². The minimum atomic E-state index is -0.440. The number of carbonyl (C=O) groups is 1. The summed E-state index contributed by atoms with van der Waals surface area (Å²) in [4.78, 5) is 15.3. The molecule has 15 heavy (non-hydrogen) atoms. The maximum absolute atomic E-state index is 11.2. The minimum absolute atomic E-state index is 0.440. The highest BCUT2D eigenvalue weighted by Crippen LogP contribution is 2.15. The van der Waals surface area contributed by atoms with Crippen molar-refractivity contribution in [3.8, 4) is 11.3 Å². The predicted molar refractivity (Wildman–Crippen MR) is 55.5 cm³/mol. The summed E-state index contributed by atoms with van der Waals surface area (Å²) in [5.74, 6) is 0. The Balaban J connectivity index is 2.32. The maximum atomic E-state index is 11.2. The number of imidazole rings is 1. The fraction of sp³-hybridized carbons (Fsp3) is 0.0909. The molecule has 2 aromatic rings. The average Bonchev–Trinajstić information content (AvgIpc) is 2.78. The molecule has 0 bridgehead atoms. The first-order valence-corrected chi connectivity index (χ1v) is 4.49. The van der Waals surface area contributed by atoms with Gasteiger partial charge in [-0.2, -0.15) is 0 Å². The molecule has 0 spiro atoms. The van der Waals surface area contributed by atoms with Gasteiger partial charge in [-0.3, -0.25) is 0 Å². The summed E-state index contributed by atoms with van der Waals surface area (Å²) in [7, 11) is 1.34. The first kappa shape index (κ1) is 9.45. The molecule has 0 N–H and O–H groups in total. The Labute approximate surface area is 87.1 Å². The molecular weight excluding hydrogens is 192 g/mol. The van der Waals surface area contributed by atoms with Crippen LogP contribution in [0, 0.1) is 0 Å². The molecule has 0 atom stereocenters. The normalized spacial score (nSPS) is 9.93. The quantitative estimate of drug-likeness (QED) is 0.711. The molecule has 0 radical (unpaired) electrons. The van der Waals surface area contributed by atoms with E-state index in [0.717, 1.165) is 11.3 Å². The van der Waals surface area contributed by atoms with Gasteiger partial charge in [-0.1, -0.05) is 30.3 Å². The smallest absolute Gasteiger partial charge is 0.418 e. The largest absolute Gasteiger partial charge is 0.452 e. The number of benzene rings is 1. The second-order valence-corrected chi connectivity index (χ2v) is 3.00. The second kappa shape index (κ2) is 3.96. The fourth-order valence-electron chi connectivity index (χ4n) is 1.29. The number of nitrogens with zero attached hydrogens (tertiary/aromatic N) is 2. The minimum Gasteiger partial charge on any atom is -0.452 e.